The number of benzene rings is 1. The van der Waals surface area contributed by atoms with Gasteiger partial charge in [-0.25, -0.2) is 4.79 Å². The fraction of sp³-hybridized carbons (Fsp3) is 0.421. The number of amides is 2. The molecule has 4 heteroatoms. The van der Waals surface area contributed by atoms with E-state index in [0.29, 0.717) is 12.5 Å². The summed E-state index contributed by atoms with van der Waals surface area (Å²) in [6.07, 6.45) is 3.32. The number of piperidine rings is 1. The Morgan fingerprint density at radius 3 is 2.61 bits per heavy atom. The Hall–Kier alpha value is -1.81. The lowest BCUT2D eigenvalue weighted by Crippen LogP contribution is -2.44. The van der Waals surface area contributed by atoms with Crippen LogP contribution in [0, 0.1) is 12.8 Å². The van der Waals surface area contributed by atoms with E-state index in [9.17, 15) is 4.79 Å². The topological polar surface area (TPSA) is 32.3 Å². The Balaban J connectivity index is 1.43. The van der Waals surface area contributed by atoms with Gasteiger partial charge in [-0.05, 0) is 54.7 Å². The highest BCUT2D eigenvalue weighted by Gasteiger charge is 2.22. The molecule has 1 aliphatic heterocycles. The van der Waals surface area contributed by atoms with E-state index in [1.807, 2.05) is 4.90 Å². The Bertz CT molecular complexity index is 630. The van der Waals surface area contributed by atoms with Gasteiger partial charge in [0.05, 0.1) is 6.54 Å². The van der Waals surface area contributed by atoms with Gasteiger partial charge in [-0.1, -0.05) is 30.3 Å². The lowest BCUT2D eigenvalue weighted by Gasteiger charge is -2.32. The van der Waals surface area contributed by atoms with Gasteiger partial charge in [0, 0.05) is 18.0 Å². The van der Waals surface area contributed by atoms with E-state index in [0.717, 1.165) is 32.4 Å². The molecule has 0 spiro atoms. The van der Waals surface area contributed by atoms with E-state index < -0.39 is 0 Å². The molecule has 2 heterocycles. The second-order valence-corrected chi connectivity index (χ2v) is 7.31. The summed E-state index contributed by atoms with van der Waals surface area (Å²) in [6, 6.07) is 12.8. The molecule has 2 aromatic rings. The molecule has 1 aromatic heterocycles. The number of hydrogen-bond donors (Lipinski definition) is 1. The molecule has 23 heavy (non-hydrogen) atoms. The molecule has 0 saturated carbocycles. The number of hydrogen-bond acceptors (Lipinski definition) is 2. The van der Waals surface area contributed by atoms with Crippen LogP contribution in [0.5, 0.6) is 0 Å². The standard InChI is InChI=1S/C19H24N2OS/c1-15-9-12-23-18(15)14-20-19(22)21-10-7-17(8-11-21)13-16-5-3-2-4-6-16/h2-6,9,12,17H,7-8,10-11,13-14H2,1H3,(H,20,22). The van der Waals surface area contributed by atoms with Crippen molar-refractivity contribution in [2.75, 3.05) is 13.1 Å². The van der Waals surface area contributed by atoms with Gasteiger partial charge < -0.3 is 10.2 Å². The van der Waals surface area contributed by atoms with Crippen LogP contribution in [0.3, 0.4) is 0 Å². The summed E-state index contributed by atoms with van der Waals surface area (Å²) in [4.78, 5) is 15.5. The number of likely N-dealkylation sites (tertiary alicyclic amines) is 1. The molecule has 1 aliphatic rings. The number of carbonyl (C=O) groups is 1. The molecule has 3 rings (SSSR count). The third kappa shape index (κ3) is 4.35. The van der Waals surface area contributed by atoms with Crippen LogP contribution < -0.4 is 5.32 Å². The first-order valence-electron chi connectivity index (χ1n) is 8.32. The van der Waals surface area contributed by atoms with Crippen LogP contribution >= 0.6 is 11.3 Å². The van der Waals surface area contributed by atoms with Crippen LogP contribution in [0.25, 0.3) is 0 Å². The summed E-state index contributed by atoms with van der Waals surface area (Å²) >= 11 is 1.71. The molecule has 122 valence electrons. The maximum absolute atomic E-state index is 12.3. The van der Waals surface area contributed by atoms with E-state index in [-0.39, 0.29) is 6.03 Å². The second-order valence-electron chi connectivity index (χ2n) is 6.31. The van der Waals surface area contributed by atoms with Gasteiger partial charge in [0.1, 0.15) is 0 Å². The molecule has 1 saturated heterocycles. The van der Waals surface area contributed by atoms with Gasteiger partial charge in [0.2, 0.25) is 0 Å². The van der Waals surface area contributed by atoms with Crippen molar-refractivity contribution in [3.8, 4) is 0 Å². The number of nitrogens with zero attached hydrogens (tertiary/aromatic N) is 1. The maximum atomic E-state index is 12.3. The van der Waals surface area contributed by atoms with Crippen LogP contribution in [0.1, 0.15) is 28.8 Å². The van der Waals surface area contributed by atoms with Crippen molar-refractivity contribution in [2.24, 2.45) is 5.92 Å². The predicted molar refractivity (Wildman–Crippen MR) is 95.7 cm³/mol. The zero-order valence-electron chi connectivity index (χ0n) is 13.6. The third-order valence-corrected chi connectivity index (χ3v) is 5.66. The first kappa shape index (κ1) is 16.1. The summed E-state index contributed by atoms with van der Waals surface area (Å²) < 4.78 is 0. The van der Waals surface area contributed by atoms with Crippen LogP contribution in [-0.4, -0.2) is 24.0 Å². The van der Waals surface area contributed by atoms with E-state index in [2.05, 4.69) is 54.0 Å². The average Bonchev–Trinajstić information content (AvgIpc) is 2.99. The monoisotopic (exact) mass is 328 g/mol. The Kier molecular flexibility index (Phi) is 5.34. The van der Waals surface area contributed by atoms with E-state index >= 15 is 0 Å². The van der Waals surface area contributed by atoms with Gasteiger partial charge in [-0.2, -0.15) is 0 Å². The van der Waals surface area contributed by atoms with Crippen LogP contribution in [0.4, 0.5) is 4.79 Å². The Morgan fingerprint density at radius 1 is 1.22 bits per heavy atom. The quantitative estimate of drug-likeness (QED) is 0.895. The highest BCUT2D eigenvalue weighted by atomic mass is 32.1. The fourth-order valence-corrected chi connectivity index (χ4v) is 3.99. The van der Waals surface area contributed by atoms with E-state index in [4.69, 9.17) is 0 Å². The Labute approximate surface area is 142 Å². The van der Waals surface area contributed by atoms with Crippen molar-refractivity contribution in [1.82, 2.24) is 10.2 Å². The SMILES string of the molecule is Cc1ccsc1CNC(=O)N1CCC(Cc2ccccc2)CC1. The number of urea groups is 1. The molecule has 0 atom stereocenters. The number of carbonyl (C=O) groups excluding carboxylic acids is 1. The smallest absolute Gasteiger partial charge is 0.317 e. The van der Waals surface area contributed by atoms with Crippen molar-refractivity contribution in [3.05, 3.63) is 57.8 Å². The zero-order chi connectivity index (χ0) is 16.1. The van der Waals surface area contributed by atoms with Crippen LogP contribution in [0.2, 0.25) is 0 Å². The molecular formula is C19H24N2OS. The minimum atomic E-state index is 0.0796. The first-order chi connectivity index (χ1) is 11.2. The Morgan fingerprint density at radius 2 is 1.96 bits per heavy atom. The summed E-state index contributed by atoms with van der Waals surface area (Å²) in [5.41, 5.74) is 2.67. The van der Waals surface area contributed by atoms with Crippen molar-refractivity contribution >= 4 is 17.4 Å². The van der Waals surface area contributed by atoms with Crippen LogP contribution in [0.15, 0.2) is 41.8 Å². The molecule has 2 amide bonds. The van der Waals surface area contributed by atoms with Crippen molar-refractivity contribution in [3.63, 3.8) is 0 Å². The summed E-state index contributed by atoms with van der Waals surface area (Å²) in [5, 5.41) is 5.13. The van der Waals surface area contributed by atoms with E-state index in [1.54, 1.807) is 11.3 Å². The van der Waals surface area contributed by atoms with Gasteiger partial charge in [0.25, 0.3) is 0 Å². The molecule has 3 nitrogen and oxygen atoms in total. The first-order valence-corrected chi connectivity index (χ1v) is 9.20. The summed E-state index contributed by atoms with van der Waals surface area (Å²) in [7, 11) is 0. The van der Waals surface area contributed by atoms with Crippen molar-refractivity contribution in [1.29, 1.82) is 0 Å². The molecule has 0 aliphatic carbocycles. The molecule has 1 aromatic carbocycles. The maximum Gasteiger partial charge on any atom is 0.317 e. The highest BCUT2D eigenvalue weighted by molar-refractivity contribution is 7.10. The summed E-state index contributed by atoms with van der Waals surface area (Å²) in [5.74, 6) is 0.695. The van der Waals surface area contributed by atoms with Crippen LogP contribution in [-0.2, 0) is 13.0 Å². The number of aryl methyl sites for hydroxylation is 1. The average molecular weight is 328 g/mol. The fourth-order valence-electron chi connectivity index (χ4n) is 3.14. The molecule has 1 fully saturated rings. The molecule has 0 bridgehead atoms. The molecule has 1 N–H and O–H groups in total. The van der Waals surface area contributed by atoms with Gasteiger partial charge in [0.15, 0.2) is 0 Å². The normalized spacial score (nSPS) is 15.6. The number of thiophene rings is 1. The lowest BCUT2D eigenvalue weighted by atomic mass is 9.90. The van der Waals surface area contributed by atoms with Gasteiger partial charge >= 0.3 is 6.03 Å². The molecule has 0 unspecified atom stereocenters. The number of nitrogens with one attached hydrogen (secondary N) is 1. The van der Waals surface area contributed by atoms with Gasteiger partial charge in [-0.3, -0.25) is 0 Å². The van der Waals surface area contributed by atoms with E-state index in [1.165, 1.54) is 16.0 Å². The summed E-state index contributed by atoms with van der Waals surface area (Å²) in [6.45, 7) is 4.47. The van der Waals surface area contributed by atoms with Crippen molar-refractivity contribution < 1.29 is 4.79 Å². The van der Waals surface area contributed by atoms with Crippen molar-refractivity contribution in [2.45, 2.75) is 32.7 Å². The number of rotatable bonds is 4. The third-order valence-electron chi connectivity index (χ3n) is 4.64. The highest BCUT2D eigenvalue weighted by Crippen LogP contribution is 2.22. The molecular weight excluding hydrogens is 304 g/mol. The minimum absolute atomic E-state index is 0.0796. The zero-order valence-corrected chi connectivity index (χ0v) is 14.4. The minimum Gasteiger partial charge on any atom is -0.333 e. The lowest BCUT2D eigenvalue weighted by molar-refractivity contribution is 0.170. The molecule has 0 radical (unpaired) electrons. The largest absolute Gasteiger partial charge is 0.333 e. The van der Waals surface area contributed by atoms with Gasteiger partial charge in [-0.15, -0.1) is 11.3 Å². The predicted octanol–water partition coefficient (Wildman–Crippen LogP) is 4.22. The second kappa shape index (κ2) is 7.64.